The summed E-state index contributed by atoms with van der Waals surface area (Å²) in [6.07, 6.45) is -4.31. The molecule has 0 spiro atoms. The quantitative estimate of drug-likeness (QED) is 0.251. The fraction of sp³-hybridized carbons (Fsp3) is 0.355. The maximum absolute atomic E-state index is 13.4. The van der Waals surface area contributed by atoms with Crippen LogP contribution in [0.5, 0.6) is 5.75 Å². The van der Waals surface area contributed by atoms with E-state index in [4.69, 9.17) is 16.3 Å². The Hall–Kier alpha value is -3.72. The summed E-state index contributed by atoms with van der Waals surface area (Å²) in [7, 11) is 1.55. The van der Waals surface area contributed by atoms with E-state index in [1.54, 1.807) is 61.7 Å². The topological polar surface area (TPSA) is 85.4 Å². The molecule has 1 unspecified atom stereocenters. The zero-order valence-corrected chi connectivity index (χ0v) is 23.7. The molecule has 0 aliphatic carbocycles. The number of pyridine rings is 1. The van der Waals surface area contributed by atoms with Crippen LogP contribution in [0.4, 0.5) is 13.2 Å². The molecule has 0 aliphatic heterocycles. The highest BCUT2D eigenvalue weighted by Crippen LogP contribution is 2.31. The molecule has 1 heterocycles. The lowest BCUT2D eigenvalue weighted by atomic mass is 9.84. The molecule has 6 nitrogen and oxygen atoms in total. The van der Waals surface area contributed by atoms with Crippen molar-refractivity contribution in [3.8, 4) is 5.75 Å². The Bertz CT molecular complexity index is 1310. The average Bonchev–Trinajstić information content (AvgIpc) is 2.94. The first-order valence-corrected chi connectivity index (χ1v) is 13.5. The van der Waals surface area contributed by atoms with Crippen LogP contribution >= 0.6 is 11.6 Å². The van der Waals surface area contributed by atoms with Crippen LogP contribution in [0.25, 0.3) is 0 Å². The fourth-order valence-electron chi connectivity index (χ4n) is 4.57. The van der Waals surface area contributed by atoms with Crippen LogP contribution in [0, 0.1) is 11.8 Å². The summed E-state index contributed by atoms with van der Waals surface area (Å²) in [6.45, 7) is 2.92. The van der Waals surface area contributed by atoms with Gasteiger partial charge >= 0.3 is 6.18 Å². The summed E-state index contributed by atoms with van der Waals surface area (Å²) in [4.78, 5) is 43.1. The van der Waals surface area contributed by atoms with Crippen molar-refractivity contribution < 1.29 is 32.3 Å². The van der Waals surface area contributed by atoms with Crippen molar-refractivity contribution in [3.05, 3.63) is 94.8 Å². The summed E-state index contributed by atoms with van der Waals surface area (Å²) in [5.41, 5.74) is 2.09. The maximum atomic E-state index is 13.4. The Morgan fingerprint density at radius 2 is 1.54 bits per heavy atom. The molecule has 1 amide bonds. The third kappa shape index (κ3) is 9.14. The molecule has 10 heteroatoms. The SMILES string of the molecule is COc1ccc(C(CC(=O)N[C@@H](Cc2ccccn2)C(=O)C[C@H](C(=O)C(F)(F)F)C(C)C)c2ccc(Cl)cc2)cc1. The van der Waals surface area contributed by atoms with E-state index in [2.05, 4.69) is 10.3 Å². The largest absolute Gasteiger partial charge is 0.497 e. The molecule has 2 aromatic carbocycles. The molecule has 1 N–H and O–H groups in total. The highest BCUT2D eigenvalue weighted by Gasteiger charge is 2.45. The van der Waals surface area contributed by atoms with Gasteiger partial charge in [-0.25, -0.2) is 0 Å². The summed E-state index contributed by atoms with van der Waals surface area (Å²) < 4.78 is 45.0. The summed E-state index contributed by atoms with van der Waals surface area (Å²) >= 11 is 6.07. The molecule has 1 aromatic heterocycles. The van der Waals surface area contributed by atoms with Gasteiger partial charge in [-0.1, -0.05) is 55.8 Å². The van der Waals surface area contributed by atoms with Crippen LogP contribution < -0.4 is 10.1 Å². The zero-order valence-electron chi connectivity index (χ0n) is 23.0. The third-order valence-electron chi connectivity index (χ3n) is 6.89. The molecular weight excluding hydrogens is 557 g/mol. The van der Waals surface area contributed by atoms with Gasteiger partial charge in [0.15, 0.2) is 5.78 Å². The van der Waals surface area contributed by atoms with Crippen LogP contribution in [-0.4, -0.2) is 41.8 Å². The maximum Gasteiger partial charge on any atom is 0.450 e. The first-order chi connectivity index (χ1) is 19.4. The number of hydrogen-bond acceptors (Lipinski definition) is 5. The highest BCUT2D eigenvalue weighted by atomic mass is 35.5. The van der Waals surface area contributed by atoms with E-state index in [1.165, 1.54) is 20.0 Å². The number of nitrogens with zero attached hydrogens (tertiary/aromatic N) is 1. The number of methoxy groups -OCH3 is 1. The van der Waals surface area contributed by atoms with E-state index >= 15 is 0 Å². The molecule has 0 saturated heterocycles. The zero-order chi connectivity index (χ0) is 30.2. The molecule has 3 aromatic rings. The minimum absolute atomic E-state index is 0.0371. The van der Waals surface area contributed by atoms with E-state index in [0.29, 0.717) is 16.5 Å². The van der Waals surface area contributed by atoms with E-state index in [9.17, 15) is 27.6 Å². The number of aromatic nitrogens is 1. The van der Waals surface area contributed by atoms with Crippen molar-refractivity contribution in [2.75, 3.05) is 7.11 Å². The molecule has 0 radical (unpaired) electrons. The van der Waals surface area contributed by atoms with Gasteiger partial charge in [-0.15, -0.1) is 0 Å². The van der Waals surface area contributed by atoms with Gasteiger partial charge in [-0.3, -0.25) is 19.4 Å². The van der Waals surface area contributed by atoms with E-state index in [0.717, 1.165) is 11.1 Å². The van der Waals surface area contributed by atoms with E-state index < -0.39 is 53.9 Å². The second kappa shape index (κ2) is 14.3. The molecule has 3 rings (SSSR count). The lowest BCUT2D eigenvalue weighted by Gasteiger charge is -2.25. The number of ether oxygens (including phenoxy) is 1. The molecular formula is C31H32ClF3N2O4. The Balaban J connectivity index is 1.87. The number of alkyl halides is 3. The number of nitrogens with one attached hydrogen (secondary N) is 1. The minimum atomic E-state index is -5.07. The van der Waals surface area contributed by atoms with Gasteiger partial charge in [0.25, 0.3) is 0 Å². The van der Waals surface area contributed by atoms with Crippen molar-refractivity contribution in [1.82, 2.24) is 10.3 Å². The van der Waals surface area contributed by atoms with Gasteiger partial charge in [-0.05, 0) is 53.4 Å². The fourth-order valence-corrected chi connectivity index (χ4v) is 4.70. The number of benzene rings is 2. The van der Waals surface area contributed by atoms with Crippen molar-refractivity contribution in [2.45, 2.75) is 51.2 Å². The first-order valence-electron chi connectivity index (χ1n) is 13.1. The lowest BCUT2D eigenvalue weighted by molar-refractivity contribution is -0.177. The van der Waals surface area contributed by atoms with Crippen molar-refractivity contribution in [1.29, 1.82) is 0 Å². The number of carbonyl (C=O) groups excluding carboxylic acids is 3. The number of carbonyl (C=O) groups is 3. The van der Waals surface area contributed by atoms with Crippen molar-refractivity contribution in [2.24, 2.45) is 11.8 Å². The molecule has 0 saturated carbocycles. The first kappa shape index (κ1) is 31.8. The number of ketones is 2. The normalized spacial score (nSPS) is 13.8. The standard InChI is InChI=1S/C31H32ClF3N2O4/c1-19(2)25(30(40)31(33,34)35)17-28(38)27(16-23-6-4-5-15-36-23)37-29(39)18-26(20-7-11-22(32)12-8-20)21-9-13-24(41-3)14-10-21/h4-15,19,25-27H,16-18H2,1-3H3,(H,37,39)/t25-,26?,27-/m0/s1. The highest BCUT2D eigenvalue weighted by molar-refractivity contribution is 6.30. The predicted octanol–water partition coefficient (Wildman–Crippen LogP) is 6.36. The van der Waals surface area contributed by atoms with E-state index in [-0.39, 0.29) is 12.8 Å². The lowest BCUT2D eigenvalue weighted by Crippen LogP contribution is -2.45. The van der Waals surface area contributed by atoms with Gasteiger partial charge in [0.2, 0.25) is 11.7 Å². The Kier molecular flexibility index (Phi) is 11.1. The van der Waals surface area contributed by atoms with Gasteiger partial charge < -0.3 is 10.1 Å². The van der Waals surface area contributed by atoms with Crippen LogP contribution in [0.2, 0.25) is 5.02 Å². The van der Waals surface area contributed by atoms with Gasteiger partial charge in [0.05, 0.1) is 13.2 Å². The number of halogens is 4. The summed E-state index contributed by atoms with van der Waals surface area (Å²) in [6, 6.07) is 18.1. The molecule has 0 aliphatic rings. The monoisotopic (exact) mass is 588 g/mol. The Morgan fingerprint density at radius 3 is 2.05 bits per heavy atom. The Labute approximate surface area is 242 Å². The second-order valence-corrected chi connectivity index (χ2v) is 10.5. The Morgan fingerprint density at radius 1 is 0.927 bits per heavy atom. The van der Waals surface area contributed by atoms with Crippen LogP contribution in [0.3, 0.4) is 0 Å². The van der Waals surface area contributed by atoms with Crippen LogP contribution in [-0.2, 0) is 20.8 Å². The number of Topliss-reactive ketones (excluding diaryl/α,β-unsaturated/α-hetero) is 2. The molecule has 41 heavy (non-hydrogen) atoms. The second-order valence-electron chi connectivity index (χ2n) is 10.1. The van der Waals surface area contributed by atoms with Gasteiger partial charge in [0, 0.05) is 48.0 Å². The summed E-state index contributed by atoms with van der Waals surface area (Å²) in [5, 5.41) is 3.25. The third-order valence-corrected chi connectivity index (χ3v) is 7.14. The molecule has 0 fully saturated rings. The summed E-state index contributed by atoms with van der Waals surface area (Å²) in [5.74, 6) is -5.19. The van der Waals surface area contributed by atoms with Gasteiger partial charge in [0.1, 0.15) is 5.75 Å². The van der Waals surface area contributed by atoms with E-state index in [1.807, 2.05) is 12.1 Å². The number of hydrogen-bond donors (Lipinski definition) is 1. The molecule has 3 atom stereocenters. The van der Waals surface area contributed by atoms with Crippen molar-refractivity contribution >= 4 is 29.1 Å². The predicted molar refractivity (Wildman–Crippen MR) is 150 cm³/mol. The smallest absolute Gasteiger partial charge is 0.450 e. The van der Waals surface area contributed by atoms with Crippen LogP contribution in [0.1, 0.15) is 49.4 Å². The van der Waals surface area contributed by atoms with Crippen LogP contribution in [0.15, 0.2) is 72.9 Å². The molecule has 0 bridgehead atoms. The minimum Gasteiger partial charge on any atom is -0.497 e. The molecule has 218 valence electrons. The van der Waals surface area contributed by atoms with Gasteiger partial charge in [-0.2, -0.15) is 13.2 Å². The number of amides is 1. The average molecular weight is 589 g/mol. The van der Waals surface area contributed by atoms with Crippen molar-refractivity contribution in [3.63, 3.8) is 0 Å². The number of rotatable bonds is 13.